The van der Waals surface area contributed by atoms with Crippen LogP contribution in [0.15, 0.2) is 24.3 Å². The molecule has 2 rings (SSSR count). The van der Waals surface area contributed by atoms with E-state index in [1.165, 1.54) is 5.56 Å². The van der Waals surface area contributed by atoms with E-state index >= 15 is 0 Å². The van der Waals surface area contributed by atoms with Crippen molar-refractivity contribution in [1.29, 1.82) is 0 Å². The lowest BCUT2D eigenvalue weighted by molar-refractivity contribution is -0.149. The maximum atomic E-state index is 12.3. The van der Waals surface area contributed by atoms with E-state index in [1.807, 2.05) is 24.3 Å². The van der Waals surface area contributed by atoms with Gasteiger partial charge in [-0.05, 0) is 47.8 Å². The van der Waals surface area contributed by atoms with Gasteiger partial charge in [0.05, 0.1) is 11.8 Å². The number of carboxylic acids is 1. The van der Waals surface area contributed by atoms with E-state index in [4.69, 9.17) is 4.74 Å². The Bertz CT molecular complexity index is 780. The van der Waals surface area contributed by atoms with Crippen molar-refractivity contribution < 1.29 is 24.2 Å². The largest absolute Gasteiger partial charge is 0.484 e. The Morgan fingerprint density at radius 3 is 2.10 bits per heavy atom. The molecule has 1 aliphatic carbocycles. The smallest absolute Gasteiger partial charge is 0.307 e. The quantitative estimate of drug-likeness (QED) is 0.568. The fourth-order valence-electron chi connectivity index (χ4n) is 4.58. The fourth-order valence-corrected chi connectivity index (χ4v) is 4.58. The molecule has 1 aromatic rings. The second kappa shape index (κ2) is 10.2. The van der Waals surface area contributed by atoms with Gasteiger partial charge in [0.2, 0.25) is 5.91 Å². The summed E-state index contributed by atoms with van der Waals surface area (Å²) in [6, 6.07) is 7.70. The highest BCUT2D eigenvalue weighted by molar-refractivity contribution is 5.87. The van der Waals surface area contributed by atoms with Crippen molar-refractivity contribution in [3.63, 3.8) is 0 Å². The molecule has 1 aliphatic rings. The molecule has 172 valence electrons. The van der Waals surface area contributed by atoms with Gasteiger partial charge in [-0.25, -0.2) is 0 Å². The molecule has 0 bridgehead atoms. The number of rotatable bonds is 7. The Labute approximate surface area is 184 Å². The van der Waals surface area contributed by atoms with Crippen LogP contribution in [0.2, 0.25) is 0 Å². The summed E-state index contributed by atoms with van der Waals surface area (Å²) in [6.07, 6.45) is 3.63. The molecule has 1 saturated carbocycles. The fraction of sp³-hybridized carbons (Fsp3) is 0.625. The van der Waals surface area contributed by atoms with Crippen molar-refractivity contribution in [3.8, 4) is 5.75 Å². The Morgan fingerprint density at radius 1 is 0.968 bits per heavy atom. The molecule has 0 heterocycles. The molecule has 2 amide bonds. The summed E-state index contributed by atoms with van der Waals surface area (Å²) in [5.41, 5.74) is 6.09. The third-order valence-corrected chi connectivity index (χ3v) is 5.72. The highest BCUT2D eigenvalue weighted by atomic mass is 16.5. The summed E-state index contributed by atoms with van der Waals surface area (Å²) in [7, 11) is 0. The van der Waals surface area contributed by atoms with Crippen LogP contribution in [0.5, 0.6) is 5.75 Å². The monoisotopic (exact) mass is 432 g/mol. The van der Waals surface area contributed by atoms with Crippen LogP contribution < -0.4 is 15.6 Å². The summed E-state index contributed by atoms with van der Waals surface area (Å²) in [5, 5.41) is 9.28. The minimum Gasteiger partial charge on any atom is -0.484 e. The van der Waals surface area contributed by atoms with Crippen molar-refractivity contribution in [2.45, 2.75) is 72.1 Å². The lowest BCUT2D eigenvalue weighted by atomic mass is 9.72. The molecule has 7 nitrogen and oxygen atoms in total. The standard InChI is InChI=1S/C24H36N2O5/c1-23(2,3)15-24(4,5)16-10-12-17(13-11-16)31-14-20(27)25-26-21(28)18-8-6-7-9-19(18)22(29)30/h10-13,18-19H,6-9,14-15H2,1-5H3,(H,25,27)(H,26,28)(H,29,30). The number of carbonyl (C=O) groups excluding carboxylic acids is 2. The summed E-state index contributed by atoms with van der Waals surface area (Å²) < 4.78 is 5.52. The van der Waals surface area contributed by atoms with Crippen LogP contribution in [-0.4, -0.2) is 29.5 Å². The third kappa shape index (κ3) is 7.56. The molecule has 31 heavy (non-hydrogen) atoms. The van der Waals surface area contributed by atoms with Gasteiger partial charge in [-0.15, -0.1) is 0 Å². The number of carbonyl (C=O) groups is 3. The van der Waals surface area contributed by atoms with E-state index in [2.05, 4.69) is 45.5 Å². The topological polar surface area (TPSA) is 105 Å². The average molecular weight is 433 g/mol. The maximum Gasteiger partial charge on any atom is 0.307 e. The first-order valence-electron chi connectivity index (χ1n) is 10.9. The normalized spacial score (nSPS) is 19.4. The van der Waals surface area contributed by atoms with E-state index in [0.29, 0.717) is 18.6 Å². The van der Waals surface area contributed by atoms with Crippen molar-refractivity contribution in [3.05, 3.63) is 29.8 Å². The summed E-state index contributed by atoms with van der Waals surface area (Å²) in [6.45, 7) is 10.8. The van der Waals surface area contributed by atoms with Crippen molar-refractivity contribution >= 4 is 17.8 Å². The van der Waals surface area contributed by atoms with Gasteiger partial charge in [-0.3, -0.25) is 25.2 Å². The first kappa shape index (κ1) is 24.7. The number of nitrogens with one attached hydrogen (secondary N) is 2. The molecule has 1 aromatic carbocycles. The Hall–Kier alpha value is -2.57. The number of hydrazine groups is 1. The van der Waals surface area contributed by atoms with E-state index in [0.717, 1.165) is 19.3 Å². The van der Waals surface area contributed by atoms with Gasteiger partial charge in [0.1, 0.15) is 5.75 Å². The highest BCUT2D eigenvalue weighted by Gasteiger charge is 2.35. The van der Waals surface area contributed by atoms with Crippen molar-refractivity contribution in [2.24, 2.45) is 17.3 Å². The predicted molar refractivity (Wildman–Crippen MR) is 118 cm³/mol. The Morgan fingerprint density at radius 2 is 1.55 bits per heavy atom. The predicted octanol–water partition coefficient (Wildman–Crippen LogP) is 3.82. The molecular formula is C24H36N2O5. The van der Waals surface area contributed by atoms with Crippen LogP contribution >= 0.6 is 0 Å². The van der Waals surface area contributed by atoms with Gasteiger partial charge >= 0.3 is 5.97 Å². The molecule has 7 heteroatoms. The van der Waals surface area contributed by atoms with Gasteiger partial charge in [-0.2, -0.15) is 0 Å². The molecule has 0 aliphatic heterocycles. The average Bonchev–Trinajstić information content (AvgIpc) is 2.69. The van der Waals surface area contributed by atoms with Gasteiger partial charge in [-0.1, -0.05) is 59.6 Å². The Kier molecular flexibility index (Phi) is 8.09. The van der Waals surface area contributed by atoms with Gasteiger partial charge in [0.25, 0.3) is 5.91 Å². The molecule has 0 aromatic heterocycles. The van der Waals surface area contributed by atoms with Gasteiger partial charge in [0, 0.05) is 0 Å². The SMILES string of the molecule is CC(C)(C)CC(C)(C)c1ccc(OCC(=O)NNC(=O)C2CCCCC2C(=O)O)cc1. The number of hydrogen-bond donors (Lipinski definition) is 3. The third-order valence-electron chi connectivity index (χ3n) is 5.72. The zero-order chi connectivity index (χ0) is 23.2. The zero-order valence-corrected chi connectivity index (χ0v) is 19.3. The number of amides is 2. The minimum absolute atomic E-state index is 0.0192. The number of benzene rings is 1. The summed E-state index contributed by atoms with van der Waals surface area (Å²) >= 11 is 0. The van der Waals surface area contributed by atoms with Crippen LogP contribution in [0.1, 0.15) is 72.3 Å². The highest BCUT2D eigenvalue weighted by Crippen LogP contribution is 2.36. The molecule has 0 radical (unpaired) electrons. The van der Waals surface area contributed by atoms with Gasteiger partial charge in [0.15, 0.2) is 6.61 Å². The van der Waals surface area contributed by atoms with Crippen LogP contribution in [0.25, 0.3) is 0 Å². The molecule has 2 atom stereocenters. The van der Waals surface area contributed by atoms with Crippen LogP contribution in [-0.2, 0) is 19.8 Å². The lowest BCUT2D eigenvalue weighted by Crippen LogP contribution is -2.49. The second-order valence-electron chi connectivity index (χ2n) is 10.3. The number of aliphatic carboxylic acids is 1. The lowest BCUT2D eigenvalue weighted by Gasteiger charge is -2.33. The van der Waals surface area contributed by atoms with E-state index in [1.54, 1.807) is 0 Å². The molecular weight excluding hydrogens is 396 g/mol. The second-order valence-corrected chi connectivity index (χ2v) is 10.3. The molecule has 2 unspecified atom stereocenters. The van der Waals surface area contributed by atoms with Gasteiger partial charge < -0.3 is 9.84 Å². The number of carboxylic acid groups (broad SMARTS) is 1. The van der Waals surface area contributed by atoms with Crippen LogP contribution in [0.3, 0.4) is 0 Å². The van der Waals surface area contributed by atoms with Crippen molar-refractivity contribution in [1.82, 2.24) is 10.9 Å². The first-order valence-corrected chi connectivity index (χ1v) is 10.9. The first-order chi connectivity index (χ1) is 14.4. The number of ether oxygens (including phenoxy) is 1. The Balaban J connectivity index is 1.82. The molecule has 0 saturated heterocycles. The van der Waals surface area contributed by atoms with E-state index < -0.39 is 29.6 Å². The van der Waals surface area contributed by atoms with E-state index in [9.17, 15) is 19.5 Å². The molecule has 3 N–H and O–H groups in total. The van der Waals surface area contributed by atoms with E-state index in [-0.39, 0.29) is 17.4 Å². The summed E-state index contributed by atoms with van der Waals surface area (Å²) in [4.78, 5) is 35.7. The number of hydrogen-bond acceptors (Lipinski definition) is 4. The summed E-state index contributed by atoms with van der Waals surface area (Å²) in [5.74, 6) is -2.71. The zero-order valence-electron chi connectivity index (χ0n) is 19.3. The maximum absolute atomic E-state index is 12.3. The minimum atomic E-state index is -0.969. The van der Waals surface area contributed by atoms with Crippen LogP contribution in [0.4, 0.5) is 0 Å². The molecule has 0 spiro atoms. The van der Waals surface area contributed by atoms with Crippen molar-refractivity contribution in [2.75, 3.05) is 6.61 Å². The molecule has 1 fully saturated rings. The van der Waals surface area contributed by atoms with Crippen LogP contribution in [0, 0.1) is 17.3 Å².